The van der Waals surface area contributed by atoms with Gasteiger partial charge in [0.05, 0.1) is 0 Å². The number of carbonyl (C=O) groups is 1. The molecule has 0 bridgehead atoms. The summed E-state index contributed by atoms with van der Waals surface area (Å²) >= 11 is 1.22. The number of nitrogens with zero attached hydrogens (tertiary/aromatic N) is 2. The number of aromatic hydroxyl groups is 1. The molecule has 1 heterocycles. The summed E-state index contributed by atoms with van der Waals surface area (Å²) in [6.45, 7) is 0. The minimum atomic E-state index is -0.212. The number of thiazole rings is 1. The van der Waals surface area contributed by atoms with Gasteiger partial charge in [-0.3, -0.25) is 9.69 Å². The van der Waals surface area contributed by atoms with Crippen LogP contribution in [-0.4, -0.2) is 15.9 Å². The number of nitrogens with two attached hydrogens (primary N) is 1. The number of benzene rings is 4. The lowest BCUT2D eigenvalue weighted by Gasteiger charge is -2.22. The molecule has 6 nitrogen and oxygen atoms in total. The maximum Gasteiger partial charge on any atom is 0.206 e. The van der Waals surface area contributed by atoms with E-state index in [-0.39, 0.29) is 17.4 Å². The minimum Gasteiger partial charge on any atom is -0.508 e. The molecule has 0 atom stereocenters. The molecule has 0 aliphatic heterocycles. The topological polar surface area (TPSA) is 88.7 Å². The molecule has 4 aromatic carbocycles. The summed E-state index contributed by atoms with van der Waals surface area (Å²) in [5, 5.41) is 10.3. The lowest BCUT2D eigenvalue weighted by Crippen LogP contribution is -2.09. The van der Waals surface area contributed by atoms with Gasteiger partial charge in [0.25, 0.3) is 0 Å². The standard InChI is InChI=1S/C28H21N3O3S/c29-27-26(25(33)19-11-17-24(18-12-19)34-23-9-5-2-6-10-23)35-28(30-27)31(20-7-3-1-4-8-20)21-13-15-22(32)16-14-21/h1-18,32H,29H2. The first kappa shape index (κ1) is 22.2. The average Bonchev–Trinajstić information content (AvgIpc) is 3.27. The molecule has 0 radical (unpaired) electrons. The predicted octanol–water partition coefficient (Wildman–Crippen LogP) is 6.92. The van der Waals surface area contributed by atoms with E-state index < -0.39 is 0 Å². The summed E-state index contributed by atoms with van der Waals surface area (Å²) in [4.78, 5) is 20.1. The molecule has 0 spiro atoms. The number of phenols is 1. The molecule has 1 aromatic heterocycles. The highest BCUT2D eigenvalue weighted by atomic mass is 32.1. The number of nitrogen functional groups attached to an aromatic ring is 1. The lowest BCUT2D eigenvalue weighted by molar-refractivity contribution is 0.104. The molecule has 5 aromatic rings. The van der Waals surface area contributed by atoms with E-state index in [1.165, 1.54) is 11.3 Å². The summed E-state index contributed by atoms with van der Waals surface area (Å²) < 4.78 is 5.81. The Hall–Kier alpha value is -4.62. The molecule has 0 saturated carbocycles. The summed E-state index contributed by atoms with van der Waals surface area (Å²) in [5.41, 5.74) is 8.34. The van der Waals surface area contributed by atoms with Crippen molar-refractivity contribution in [2.24, 2.45) is 0 Å². The Morgan fingerprint density at radius 2 is 1.34 bits per heavy atom. The third-order valence-corrected chi connectivity index (χ3v) is 6.31. The number of aromatic nitrogens is 1. The van der Waals surface area contributed by atoms with Gasteiger partial charge in [0.2, 0.25) is 5.78 Å². The summed E-state index contributed by atoms with van der Waals surface area (Å²) in [7, 11) is 0. The van der Waals surface area contributed by atoms with E-state index in [4.69, 9.17) is 10.5 Å². The first-order chi connectivity index (χ1) is 17.1. The van der Waals surface area contributed by atoms with Gasteiger partial charge >= 0.3 is 0 Å². The highest BCUT2D eigenvalue weighted by molar-refractivity contribution is 7.18. The van der Waals surface area contributed by atoms with Crippen LogP contribution in [0.1, 0.15) is 15.2 Å². The number of para-hydroxylation sites is 2. The van der Waals surface area contributed by atoms with Crippen LogP contribution in [0.15, 0.2) is 109 Å². The molecule has 0 saturated heterocycles. The van der Waals surface area contributed by atoms with Crippen molar-refractivity contribution in [3.05, 3.63) is 120 Å². The molecule has 0 amide bonds. The van der Waals surface area contributed by atoms with E-state index in [9.17, 15) is 9.90 Å². The summed E-state index contributed by atoms with van der Waals surface area (Å²) in [6, 6.07) is 32.8. The first-order valence-electron chi connectivity index (χ1n) is 10.9. The molecule has 0 unspecified atom stereocenters. The van der Waals surface area contributed by atoms with Gasteiger partial charge in [-0.05, 0) is 72.8 Å². The van der Waals surface area contributed by atoms with Gasteiger partial charge in [0.15, 0.2) is 5.13 Å². The van der Waals surface area contributed by atoms with E-state index in [0.717, 1.165) is 17.1 Å². The molecule has 0 aliphatic carbocycles. The fourth-order valence-corrected chi connectivity index (χ4v) is 4.55. The van der Waals surface area contributed by atoms with Crippen LogP contribution in [0, 0.1) is 0 Å². The van der Waals surface area contributed by atoms with Crippen molar-refractivity contribution in [1.82, 2.24) is 4.98 Å². The van der Waals surface area contributed by atoms with Crippen molar-refractivity contribution in [2.45, 2.75) is 0 Å². The Kier molecular flexibility index (Phi) is 6.15. The number of ketones is 1. The van der Waals surface area contributed by atoms with Crippen LogP contribution in [0.2, 0.25) is 0 Å². The van der Waals surface area contributed by atoms with Gasteiger partial charge in [-0.25, -0.2) is 4.98 Å². The normalized spacial score (nSPS) is 10.6. The van der Waals surface area contributed by atoms with Crippen LogP contribution in [0.25, 0.3) is 0 Å². The van der Waals surface area contributed by atoms with Gasteiger partial charge in [-0.2, -0.15) is 0 Å². The van der Waals surface area contributed by atoms with Crippen molar-refractivity contribution >= 4 is 39.4 Å². The summed E-state index contributed by atoms with van der Waals surface area (Å²) in [6.07, 6.45) is 0. The number of ether oxygens (including phenoxy) is 1. The third-order valence-electron chi connectivity index (χ3n) is 5.26. The highest BCUT2D eigenvalue weighted by Crippen LogP contribution is 2.40. The fourth-order valence-electron chi connectivity index (χ4n) is 3.56. The van der Waals surface area contributed by atoms with E-state index in [1.54, 1.807) is 48.5 Å². The first-order valence-corrected chi connectivity index (χ1v) is 11.7. The van der Waals surface area contributed by atoms with Crippen LogP contribution in [0.5, 0.6) is 17.2 Å². The van der Waals surface area contributed by atoms with E-state index >= 15 is 0 Å². The van der Waals surface area contributed by atoms with Crippen LogP contribution in [0.4, 0.5) is 22.3 Å². The summed E-state index contributed by atoms with van der Waals surface area (Å²) in [5.74, 6) is 1.47. The smallest absolute Gasteiger partial charge is 0.206 e. The average molecular weight is 480 g/mol. The zero-order valence-electron chi connectivity index (χ0n) is 18.5. The maximum absolute atomic E-state index is 13.3. The van der Waals surface area contributed by atoms with Gasteiger partial charge in [0.1, 0.15) is 27.9 Å². The SMILES string of the molecule is Nc1nc(N(c2ccccc2)c2ccc(O)cc2)sc1C(=O)c1ccc(Oc2ccccc2)cc1. The number of hydrogen-bond donors (Lipinski definition) is 2. The van der Waals surface area contributed by atoms with Crippen LogP contribution >= 0.6 is 11.3 Å². The van der Waals surface area contributed by atoms with E-state index in [1.807, 2.05) is 65.6 Å². The second kappa shape index (κ2) is 9.70. The van der Waals surface area contributed by atoms with Gasteiger partial charge < -0.3 is 15.6 Å². The Labute approximate surface area is 206 Å². The minimum absolute atomic E-state index is 0.163. The van der Waals surface area contributed by atoms with Crippen molar-refractivity contribution in [3.8, 4) is 17.2 Å². The fraction of sp³-hybridized carbons (Fsp3) is 0. The van der Waals surface area contributed by atoms with Gasteiger partial charge in [-0.1, -0.05) is 47.7 Å². The van der Waals surface area contributed by atoms with Gasteiger partial charge in [0, 0.05) is 16.9 Å². The molecule has 0 aliphatic rings. The third kappa shape index (κ3) is 4.85. The zero-order valence-corrected chi connectivity index (χ0v) is 19.4. The van der Waals surface area contributed by atoms with Crippen molar-refractivity contribution < 1.29 is 14.6 Å². The van der Waals surface area contributed by atoms with Crippen LogP contribution in [0.3, 0.4) is 0 Å². The van der Waals surface area contributed by atoms with Crippen LogP contribution in [-0.2, 0) is 0 Å². The Morgan fingerprint density at radius 1 is 0.771 bits per heavy atom. The number of rotatable bonds is 7. The molecule has 0 fully saturated rings. The second-order valence-electron chi connectivity index (χ2n) is 7.67. The van der Waals surface area contributed by atoms with E-state index in [0.29, 0.717) is 21.3 Å². The molecule has 3 N–H and O–H groups in total. The van der Waals surface area contributed by atoms with E-state index in [2.05, 4.69) is 4.98 Å². The molecule has 7 heteroatoms. The molecular weight excluding hydrogens is 458 g/mol. The highest BCUT2D eigenvalue weighted by Gasteiger charge is 2.23. The number of phenolic OH excluding ortho intramolecular Hbond substituents is 1. The van der Waals surface area contributed by atoms with Crippen molar-refractivity contribution in [2.75, 3.05) is 10.6 Å². The Bertz CT molecular complexity index is 1440. The Balaban J connectivity index is 1.44. The molecule has 5 rings (SSSR count). The van der Waals surface area contributed by atoms with Crippen molar-refractivity contribution in [3.63, 3.8) is 0 Å². The van der Waals surface area contributed by atoms with Crippen molar-refractivity contribution in [1.29, 1.82) is 0 Å². The molecule has 35 heavy (non-hydrogen) atoms. The lowest BCUT2D eigenvalue weighted by atomic mass is 10.1. The second-order valence-corrected chi connectivity index (χ2v) is 8.64. The largest absolute Gasteiger partial charge is 0.508 e. The number of hydrogen-bond acceptors (Lipinski definition) is 7. The molecule has 172 valence electrons. The number of carbonyl (C=O) groups excluding carboxylic acids is 1. The Morgan fingerprint density at radius 3 is 2.00 bits per heavy atom. The molecular formula is C28H21N3O3S. The zero-order chi connectivity index (χ0) is 24.2. The van der Waals surface area contributed by atoms with Gasteiger partial charge in [-0.15, -0.1) is 0 Å². The van der Waals surface area contributed by atoms with Crippen LogP contribution < -0.4 is 15.4 Å². The quantitative estimate of drug-likeness (QED) is 0.246. The monoisotopic (exact) mass is 479 g/mol. The number of anilines is 4. The maximum atomic E-state index is 13.3. The predicted molar refractivity (Wildman–Crippen MR) is 139 cm³/mol.